The lowest BCUT2D eigenvalue weighted by atomic mass is 9.80. The molecule has 0 saturated heterocycles. The van der Waals surface area contributed by atoms with Crippen LogP contribution in [-0.2, 0) is 5.41 Å². The molecule has 20 aromatic carbocycles. The van der Waals surface area contributed by atoms with Crippen LogP contribution in [0.3, 0.4) is 0 Å². The van der Waals surface area contributed by atoms with Gasteiger partial charge in [-0.1, -0.05) is 341 Å². The minimum Gasteiger partial charge on any atom is -0.456 e. The molecular weight excluding hydrogens is 1380 g/mol. The average Bonchev–Trinajstić information content (AvgIpc) is 1.44. The Hall–Kier alpha value is -14.6. The summed E-state index contributed by atoms with van der Waals surface area (Å²) < 4.78 is 106. The summed E-state index contributed by atoms with van der Waals surface area (Å²) in [7, 11) is 0. The van der Waals surface area contributed by atoms with Crippen LogP contribution < -0.4 is 0 Å². The van der Waals surface area contributed by atoms with Gasteiger partial charge in [-0.05, 0) is 225 Å². The summed E-state index contributed by atoms with van der Waals surface area (Å²) in [4.78, 5) is 0. The standard InChI is InChI=1S/C57H38O.C54H32O2/c1-57(2)49-28-12-10-18-40(49)41-31-30-36(34-50(41)57)54-47(32-33-52-56(54)48-23-11-13-29-51(48)58-52)39-26-14-25-38-37(39)24-15-27-42(38)55-45-21-8-6-19-43(45)53(35-16-4-3-5-17-35)44-20-7-9-22-46(44)55;1-2-14-33(15-3-1)51-40-17-4-6-19-42(40)53(43-20-7-5-18-41(43)51)39-25-13-22-35-36(39)23-12-24-37(35)44-29-31-50-54(45-21-9-11-27-48(45)56-50)52(44)34-28-30-49-46(32-34)38-16-8-10-26-47(38)55-49/h3-34H,1-2H3;1-32H/i3D,4D,5D,16D,17D;1D,2D,3D,14D,15D. The fraction of sp³-hybridized carbons (Fsp3) is 0.0270. The molecule has 1 aliphatic rings. The molecule has 0 atom stereocenters. The first-order valence-corrected chi connectivity index (χ1v) is 38.6. The van der Waals surface area contributed by atoms with Crippen molar-refractivity contribution in [2.24, 2.45) is 0 Å². The first-order valence-electron chi connectivity index (χ1n) is 43.6. The second-order valence-electron chi connectivity index (χ2n) is 30.3. The van der Waals surface area contributed by atoms with Crippen LogP contribution in [0.15, 0.2) is 401 Å². The molecule has 3 aromatic heterocycles. The highest BCUT2D eigenvalue weighted by Gasteiger charge is 2.36. The van der Waals surface area contributed by atoms with Crippen LogP contribution in [0.2, 0.25) is 0 Å². The second-order valence-corrected chi connectivity index (χ2v) is 30.3. The molecule has 1 aliphatic carbocycles. The lowest BCUT2D eigenvalue weighted by molar-refractivity contribution is 0.660. The molecule has 24 rings (SSSR count). The Balaban J connectivity index is 0.000000143. The van der Waals surface area contributed by atoms with Crippen molar-refractivity contribution in [1.82, 2.24) is 0 Å². The summed E-state index contributed by atoms with van der Waals surface area (Å²) in [5.74, 6) is 0. The van der Waals surface area contributed by atoms with Gasteiger partial charge in [-0.25, -0.2) is 0 Å². The molecular formula is C111H70O3. The van der Waals surface area contributed by atoms with Crippen molar-refractivity contribution in [2.75, 3.05) is 0 Å². The number of benzene rings is 20. The Kier molecular flexibility index (Phi) is 12.6. The van der Waals surface area contributed by atoms with Gasteiger partial charge < -0.3 is 13.3 Å². The first-order chi connectivity index (χ1) is 60.5. The molecule has 0 spiro atoms. The molecule has 0 N–H and O–H groups in total. The molecule has 0 unspecified atom stereocenters. The molecule has 3 heteroatoms. The third-order valence-electron chi connectivity index (χ3n) is 24.0. The summed E-state index contributed by atoms with van der Waals surface area (Å²) in [6.07, 6.45) is 0. The molecule has 532 valence electrons. The zero-order chi connectivity index (χ0) is 84.0. The van der Waals surface area contributed by atoms with Gasteiger partial charge in [-0.3, -0.25) is 0 Å². The smallest absolute Gasteiger partial charge is 0.136 e. The van der Waals surface area contributed by atoms with Crippen molar-refractivity contribution in [1.29, 1.82) is 0 Å². The van der Waals surface area contributed by atoms with Crippen LogP contribution in [0, 0.1) is 0 Å². The van der Waals surface area contributed by atoms with Crippen LogP contribution in [0.4, 0.5) is 0 Å². The van der Waals surface area contributed by atoms with E-state index in [2.05, 4.69) is 226 Å². The number of fused-ring (bicyclic) bond motifs is 18. The van der Waals surface area contributed by atoms with Gasteiger partial charge in [-0.2, -0.15) is 0 Å². The summed E-state index contributed by atoms with van der Waals surface area (Å²) in [5.41, 5.74) is 24.6. The van der Waals surface area contributed by atoms with E-state index in [1.165, 1.54) is 22.3 Å². The van der Waals surface area contributed by atoms with Crippen LogP contribution >= 0.6 is 0 Å². The summed E-state index contributed by atoms with van der Waals surface area (Å²) in [6.45, 7) is 4.65. The van der Waals surface area contributed by atoms with Gasteiger partial charge >= 0.3 is 0 Å². The fourth-order valence-corrected chi connectivity index (χ4v) is 19.1. The molecule has 0 fully saturated rings. The van der Waals surface area contributed by atoms with Gasteiger partial charge in [0.05, 0.1) is 13.7 Å². The van der Waals surface area contributed by atoms with E-state index in [0.717, 1.165) is 197 Å². The van der Waals surface area contributed by atoms with Gasteiger partial charge in [0.15, 0.2) is 0 Å². The van der Waals surface area contributed by atoms with E-state index >= 15 is 0 Å². The fourth-order valence-electron chi connectivity index (χ4n) is 19.1. The highest BCUT2D eigenvalue weighted by Crippen LogP contribution is 2.55. The molecule has 3 heterocycles. The van der Waals surface area contributed by atoms with Crippen molar-refractivity contribution in [3.8, 4) is 100 Å². The topological polar surface area (TPSA) is 39.4 Å². The predicted molar refractivity (Wildman–Crippen MR) is 481 cm³/mol. The van der Waals surface area contributed by atoms with E-state index < -0.39 is 12.1 Å². The SMILES string of the molecule is [2H]c1c([2H])c([2H])c(-c2c3ccccc3c(-c3cccc4c(-c5ccc6oc7ccccc7c6c5-c5ccc6c(c5)C(C)(C)c5ccccc5-6)cccc34)c3ccccc23)c([2H])c1[2H].[2H]c1c([2H])c([2H])c(-c2c3ccccc3c(-c3cccc4c(-c5ccc6oc7ccccc7c6c5-c5ccc6oc7ccccc7c6c5)cccc34)c3ccccc23)c([2H])c1[2H]. The average molecular weight is 1460 g/mol. The molecule has 0 saturated carbocycles. The van der Waals surface area contributed by atoms with E-state index in [9.17, 15) is 0 Å². The minimum absolute atomic E-state index is 0.174. The normalized spacial score (nSPS) is 13.8. The Morgan fingerprint density at radius 1 is 0.193 bits per heavy atom. The van der Waals surface area contributed by atoms with E-state index in [1.54, 1.807) is 0 Å². The van der Waals surface area contributed by atoms with Crippen LogP contribution in [0.25, 0.3) is 231 Å². The monoisotopic (exact) mass is 1460 g/mol. The van der Waals surface area contributed by atoms with E-state index in [4.69, 9.17) is 27.0 Å². The van der Waals surface area contributed by atoms with Crippen molar-refractivity contribution < 1.29 is 27.0 Å². The van der Waals surface area contributed by atoms with E-state index in [-0.39, 0.29) is 64.9 Å². The van der Waals surface area contributed by atoms with Gasteiger partial charge in [0, 0.05) is 48.9 Å². The van der Waals surface area contributed by atoms with Crippen molar-refractivity contribution in [2.45, 2.75) is 19.3 Å². The van der Waals surface area contributed by atoms with E-state index in [1.807, 2.05) is 115 Å². The maximum absolute atomic E-state index is 9.03. The van der Waals surface area contributed by atoms with Gasteiger partial charge in [-0.15, -0.1) is 0 Å². The van der Waals surface area contributed by atoms with Crippen LogP contribution in [-0.4, -0.2) is 0 Å². The molecule has 23 aromatic rings. The third-order valence-corrected chi connectivity index (χ3v) is 24.0. The summed E-state index contributed by atoms with van der Waals surface area (Å²) in [5, 5.41) is 17.7. The molecule has 3 nitrogen and oxygen atoms in total. The Morgan fingerprint density at radius 3 is 0.965 bits per heavy atom. The molecule has 0 radical (unpaired) electrons. The van der Waals surface area contributed by atoms with Crippen molar-refractivity contribution in [3.05, 3.63) is 399 Å². The van der Waals surface area contributed by atoms with Gasteiger partial charge in [0.1, 0.15) is 33.5 Å². The zero-order valence-electron chi connectivity index (χ0n) is 71.9. The summed E-state index contributed by atoms with van der Waals surface area (Å²) in [6, 6.07) is 111. The Morgan fingerprint density at radius 2 is 0.500 bits per heavy atom. The molecule has 0 bridgehead atoms. The number of hydrogen-bond donors (Lipinski definition) is 0. The largest absolute Gasteiger partial charge is 0.456 e. The second kappa shape index (κ2) is 25.7. The molecule has 114 heavy (non-hydrogen) atoms. The highest BCUT2D eigenvalue weighted by molar-refractivity contribution is 6.28. The molecule has 0 aliphatic heterocycles. The van der Waals surface area contributed by atoms with Gasteiger partial charge in [0.2, 0.25) is 0 Å². The van der Waals surface area contributed by atoms with Gasteiger partial charge in [0.25, 0.3) is 0 Å². The lowest BCUT2D eigenvalue weighted by Gasteiger charge is -2.23. The maximum atomic E-state index is 9.03. The summed E-state index contributed by atoms with van der Waals surface area (Å²) >= 11 is 0. The number of hydrogen-bond acceptors (Lipinski definition) is 3. The third kappa shape index (κ3) is 9.95. The van der Waals surface area contributed by atoms with E-state index in [0.29, 0.717) is 11.1 Å². The van der Waals surface area contributed by atoms with Crippen molar-refractivity contribution in [3.63, 3.8) is 0 Å². The van der Waals surface area contributed by atoms with Crippen LogP contribution in [0.5, 0.6) is 0 Å². The Bertz CT molecular complexity index is 8450. The number of rotatable bonds is 8. The minimum atomic E-state index is -0.408. The zero-order valence-corrected chi connectivity index (χ0v) is 61.9. The molecule has 0 amide bonds. The lowest BCUT2D eigenvalue weighted by Crippen LogP contribution is -2.14. The van der Waals surface area contributed by atoms with Crippen molar-refractivity contribution >= 4 is 130 Å². The van der Waals surface area contributed by atoms with Crippen LogP contribution in [0.1, 0.15) is 38.7 Å². The highest BCUT2D eigenvalue weighted by atomic mass is 16.3. The quantitative estimate of drug-likeness (QED) is 0.142. The predicted octanol–water partition coefficient (Wildman–Crippen LogP) is 31.6. The Labute approximate surface area is 672 Å². The number of para-hydroxylation sites is 3. The first kappa shape index (κ1) is 55.7. The number of furan rings is 3. The maximum Gasteiger partial charge on any atom is 0.136 e.